The molecule has 84 valence electrons. The average molecular weight is 224 g/mol. The Morgan fingerprint density at radius 3 is 2.73 bits per heavy atom. The summed E-state index contributed by atoms with van der Waals surface area (Å²) in [7, 11) is 0. The molecule has 0 radical (unpaired) electrons. The molecule has 1 fully saturated rings. The third-order valence-corrected chi connectivity index (χ3v) is 4.40. The van der Waals surface area contributed by atoms with Gasteiger partial charge in [0.2, 0.25) is 0 Å². The van der Waals surface area contributed by atoms with Crippen molar-refractivity contribution in [3.05, 3.63) is 16.6 Å². The maximum atomic E-state index is 4.35. The van der Waals surface area contributed by atoms with Crippen LogP contribution in [0.3, 0.4) is 0 Å². The molecule has 0 aliphatic heterocycles. The van der Waals surface area contributed by atoms with Crippen molar-refractivity contribution in [3.63, 3.8) is 0 Å². The molecule has 2 rings (SSSR count). The predicted molar refractivity (Wildman–Crippen MR) is 65.1 cm³/mol. The first-order chi connectivity index (χ1) is 7.27. The van der Waals surface area contributed by atoms with Crippen LogP contribution in [0.5, 0.6) is 0 Å². The maximum Gasteiger partial charge on any atom is 0.109 e. The van der Waals surface area contributed by atoms with Crippen molar-refractivity contribution in [2.24, 2.45) is 5.92 Å². The van der Waals surface area contributed by atoms with Crippen LogP contribution in [-0.4, -0.2) is 11.0 Å². The van der Waals surface area contributed by atoms with Crippen LogP contribution >= 0.6 is 11.3 Å². The number of aromatic nitrogens is 1. The SMILES string of the molecule is CC(N[C@H](C)C1CCCC1)c1nccs1. The van der Waals surface area contributed by atoms with Crippen LogP contribution in [0.4, 0.5) is 0 Å². The van der Waals surface area contributed by atoms with Crippen LogP contribution in [-0.2, 0) is 0 Å². The Hall–Kier alpha value is -0.410. The second kappa shape index (κ2) is 5.08. The molecule has 0 bridgehead atoms. The zero-order valence-corrected chi connectivity index (χ0v) is 10.4. The number of rotatable bonds is 4. The molecule has 1 aliphatic carbocycles. The van der Waals surface area contributed by atoms with Gasteiger partial charge in [-0.2, -0.15) is 0 Å². The van der Waals surface area contributed by atoms with E-state index in [1.807, 2.05) is 11.6 Å². The van der Waals surface area contributed by atoms with Crippen molar-refractivity contribution in [2.45, 2.75) is 51.6 Å². The van der Waals surface area contributed by atoms with E-state index >= 15 is 0 Å². The van der Waals surface area contributed by atoms with Crippen molar-refractivity contribution >= 4 is 11.3 Å². The average Bonchev–Trinajstić information content (AvgIpc) is 2.91. The van der Waals surface area contributed by atoms with Gasteiger partial charge in [-0.3, -0.25) is 0 Å². The van der Waals surface area contributed by atoms with Crippen molar-refractivity contribution in [1.82, 2.24) is 10.3 Å². The van der Waals surface area contributed by atoms with Crippen LogP contribution in [0.15, 0.2) is 11.6 Å². The van der Waals surface area contributed by atoms with E-state index in [0.29, 0.717) is 12.1 Å². The second-order valence-electron chi connectivity index (χ2n) is 4.59. The Kier molecular flexibility index (Phi) is 3.76. The third-order valence-electron chi connectivity index (χ3n) is 3.44. The molecule has 15 heavy (non-hydrogen) atoms. The largest absolute Gasteiger partial charge is 0.305 e. The molecule has 3 heteroatoms. The molecular formula is C12H20N2S. The van der Waals surface area contributed by atoms with Crippen molar-refractivity contribution < 1.29 is 0 Å². The summed E-state index contributed by atoms with van der Waals surface area (Å²) in [4.78, 5) is 4.35. The lowest BCUT2D eigenvalue weighted by Gasteiger charge is -2.23. The highest BCUT2D eigenvalue weighted by atomic mass is 32.1. The van der Waals surface area contributed by atoms with Gasteiger partial charge < -0.3 is 5.32 Å². The minimum atomic E-state index is 0.403. The first kappa shape index (κ1) is 11.1. The van der Waals surface area contributed by atoms with Gasteiger partial charge in [-0.15, -0.1) is 11.3 Å². The minimum Gasteiger partial charge on any atom is -0.305 e. The summed E-state index contributed by atoms with van der Waals surface area (Å²) < 4.78 is 0. The Labute approximate surface area is 96.1 Å². The molecule has 2 nitrogen and oxygen atoms in total. The molecule has 0 aromatic carbocycles. The van der Waals surface area contributed by atoms with Crippen LogP contribution in [0.1, 0.15) is 50.6 Å². The smallest absolute Gasteiger partial charge is 0.109 e. The number of nitrogens with zero attached hydrogens (tertiary/aromatic N) is 1. The Morgan fingerprint density at radius 1 is 1.40 bits per heavy atom. The van der Waals surface area contributed by atoms with Crippen LogP contribution in [0.25, 0.3) is 0 Å². The number of hydrogen-bond donors (Lipinski definition) is 1. The molecular weight excluding hydrogens is 204 g/mol. The highest BCUT2D eigenvalue weighted by molar-refractivity contribution is 7.09. The quantitative estimate of drug-likeness (QED) is 0.848. The monoisotopic (exact) mass is 224 g/mol. The van der Waals surface area contributed by atoms with E-state index in [0.717, 1.165) is 5.92 Å². The zero-order valence-electron chi connectivity index (χ0n) is 9.57. The molecule has 1 saturated carbocycles. The van der Waals surface area contributed by atoms with E-state index in [4.69, 9.17) is 0 Å². The summed E-state index contributed by atoms with van der Waals surface area (Å²) in [6.45, 7) is 4.53. The Bertz CT molecular complexity index is 278. The van der Waals surface area contributed by atoms with Crippen molar-refractivity contribution in [1.29, 1.82) is 0 Å². The van der Waals surface area contributed by atoms with Gasteiger partial charge in [-0.1, -0.05) is 12.8 Å². The molecule has 1 N–H and O–H groups in total. The minimum absolute atomic E-state index is 0.403. The van der Waals surface area contributed by atoms with Crippen LogP contribution in [0.2, 0.25) is 0 Å². The summed E-state index contributed by atoms with van der Waals surface area (Å²) in [5.74, 6) is 0.882. The molecule has 1 heterocycles. The molecule has 1 unspecified atom stereocenters. The van der Waals surface area contributed by atoms with Gasteiger partial charge >= 0.3 is 0 Å². The van der Waals surface area contributed by atoms with E-state index in [-0.39, 0.29) is 0 Å². The second-order valence-corrected chi connectivity index (χ2v) is 5.52. The first-order valence-electron chi connectivity index (χ1n) is 5.93. The molecule has 0 saturated heterocycles. The Morgan fingerprint density at radius 2 is 2.13 bits per heavy atom. The van der Waals surface area contributed by atoms with E-state index in [2.05, 4.69) is 24.1 Å². The first-order valence-corrected chi connectivity index (χ1v) is 6.81. The fraction of sp³-hybridized carbons (Fsp3) is 0.750. The van der Waals surface area contributed by atoms with E-state index in [9.17, 15) is 0 Å². The maximum absolute atomic E-state index is 4.35. The van der Waals surface area contributed by atoms with Gasteiger partial charge in [0.25, 0.3) is 0 Å². The van der Waals surface area contributed by atoms with Crippen LogP contribution in [0, 0.1) is 5.92 Å². The van der Waals surface area contributed by atoms with Gasteiger partial charge in [0.05, 0.1) is 6.04 Å². The molecule has 0 amide bonds. The van der Waals surface area contributed by atoms with Crippen molar-refractivity contribution in [2.75, 3.05) is 0 Å². The lowest BCUT2D eigenvalue weighted by Crippen LogP contribution is -2.34. The normalized spacial score (nSPS) is 21.7. The molecule has 2 atom stereocenters. The summed E-state index contributed by atoms with van der Waals surface area (Å²) in [6, 6.07) is 1.03. The van der Waals surface area contributed by atoms with E-state index < -0.39 is 0 Å². The topological polar surface area (TPSA) is 24.9 Å². The summed E-state index contributed by atoms with van der Waals surface area (Å²) in [5, 5.41) is 6.93. The van der Waals surface area contributed by atoms with Gasteiger partial charge in [0, 0.05) is 17.6 Å². The molecule has 1 aromatic rings. The summed E-state index contributed by atoms with van der Waals surface area (Å²) in [5.41, 5.74) is 0. The lowest BCUT2D eigenvalue weighted by molar-refractivity contribution is 0.352. The number of nitrogens with one attached hydrogen (secondary N) is 1. The lowest BCUT2D eigenvalue weighted by atomic mass is 9.99. The Balaban J connectivity index is 1.85. The highest BCUT2D eigenvalue weighted by Gasteiger charge is 2.23. The van der Waals surface area contributed by atoms with Gasteiger partial charge in [-0.05, 0) is 32.6 Å². The summed E-state index contributed by atoms with van der Waals surface area (Å²) >= 11 is 1.74. The standard InChI is InChI=1S/C12H20N2S/c1-9(11-5-3-4-6-11)14-10(2)12-13-7-8-15-12/h7-11,14H,3-6H2,1-2H3/t9-,10?/m1/s1. The van der Waals surface area contributed by atoms with Crippen LogP contribution < -0.4 is 5.32 Å². The van der Waals surface area contributed by atoms with Crippen molar-refractivity contribution in [3.8, 4) is 0 Å². The molecule has 1 aromatic heterocycles. The molecule has 0 spiro atoms. The highest BCUT2D eigenvalue weighted by Crippen LogP contribution is 2.28. The number of thiazole rings is 1. The van der Waals surface area contributed by atoms with Gasteiger partial charge in [-0.25, -0.2) is 4.98 Å². The molecule has 1 aliphatic rings. The summed E-state index contributed by atoms with van der Waals surface area (Å²) in [6.07, 6.45) is 7.53. The number of hydrogen-bond acceptors (Lipinski definition) is 3. The predicted octanol–water partition coefficient (Wildman–Crippen LogP) is 3.37. The van der Waals surface area contributed by atoms with Gasteiger partial charge in [0.15, 0.2) is 0 Å². The third kappa shape index (κ3) is 2.79. The zero-order chi connectivity index (χ0) is 10.7. The fourth-order valence-corrected chi connectivity index (χ4v) is 3.16. The van der Waals surface area contributed by atoms with E-state index in [1.54, 1.807) is 11.3 Å². The van der Waals surface area contributed by atoms with Gasteiger partial charge in [0.1, 0.15) is 5.01 Å². The van der Waals surface area contributed by atoms with E-state index in [1.165, 1.54) is 30.7 Å². The fourth-order valence-electron chi connectivity index (χ4n) is 2.51.